The first-order chi connectivity index (χ1) is 17.5. The fourth-order valence-electron chi connectivity index (χ4n) is 4.98. The summed E-state index contributed by atoms with van der Waals surface area (Å²) in [5, 5.41) is 4.14. The second kappa shape index (κ2) is 8.70. The van der Waals surface area contributed by atoms with Crippen LogP contribution in [0.2, 0.25) is 5.02 Å². The normalized spacial score (nSPS) is 18.4. The predicted molar refractivity (Wildman–Crippen MR) is 139 cm³/mol. The van der Waals surface area contributed by atoms with Gasteiger partial charge in [0.25, 0.3) is 5.91 Å². The third-order valence-corrected chi connectivity index (χ3v) is 7.03. The molecule has 2 aliphatic rings. The Morgan fingerprint density at radius 1 is 0.833 bits per heavy atom. The molecule has 5 nitrogen and oxygen atoms in total. The first-order valence-electron chi connectivity index (χ1n) is 11.5. The summed E-state index contributed by atoms with van der Waals surface area (Å²) in [5.74, 6) is -2.12. The molecular formula is C30H19ClN2O3. The van der Waals surface area contributed by atoms with Gasteiger partial charge >= 0.3 is 0 Å². The molecular weight excluding hydrogens is 472 g/mol. The van der Waals surface area contributed by atoms with Gasteiger partial charge in [-0.2, -0.15) is 0 Å². The van der Waals surface area contributed by atoms with E-state index in [-0.39, 0.29) is 17.5 Å². The summed E-state index contributed by atoms with van der Waals surface area (Å²) in [6.45, 7) is 0. The first-order valence-corrected chi connectivity index (χ1v) is 11.9. The molecule has 2 atom stereocenters. The number of nitrogens with zero attached hydrogens (tertiary/aromatic N) is 1. The van der Waals surface area contributed by atoms with Crippen molar-refractivity contribution in [2.45, 2.75) is 0 Å². The number of nitrogens with one attached hydrogen (secondary N) is 1. The fraction of sp³-hybridized carbons (Fsp3) is 0.0667. The Labute approximate surface area is 212 Å². The van der Waals surface area contributed by atoms with Gasteiger partial charge in [-0.3, -0.25) is 14.4 Å². The van der Waals surface area contributed by atoms with Crippen LogP contribution >= 0.6 is 11.6 Å². The molecule has 1 heterocycles. The van der Waals surface area contributed by atoms with Crippen LogP contribution in [0.1, 0.15) is 31.1 Å². The minimum atomic E-state index is -0.780. The summed E-state index contributed by atoms with van der Waals surface area (Å²) in [6.07, 6.45) is 5.14. The number of carbonyl (C=O) groups excluding carboxylic acids is 3. The van der Waals surface area contributed by atoms with Crippen molar-refractivity contribution in [3.63, 3.8) is 0 Å². The van der Waals surface area contributed by atoms with E-state index in [2.05, 4.69) is 5.32 Å². The van der Waals surface area contributed by atoms with E-state index in [1.807, 2.05) is 42.5 Å². The van der Waals surface area contributed by atoms with Crippen LogP contribution in [0, 0.1) is 11.8 Å². The van der Waals surface area contributed by atoms with E-state index in [1.165, 1.54) is 0 Å². The second-order valence-electron chi connectivity index (χ2n) is 8.79. The summed E-state index contributed by atoms with van der Waals surface area (Å²) in [4.78, 5) is 44.9. The minimum absolute atomic E-state index is 0.123. The van der Waals surface area contributed by atoms with Gasteiger partial charge in [-0.15, -0.1) is 0 Å². The highest BCUT2D eigenvalue weighted by atomic mass is 35.5. The molecule has 0 unspecified atom stereocenters. The van der Waals surface area contributed by atoms with E-state index in [0.717, 1.165) is 0 Å². The lowest BCUT2D eigenvalue weighted by atomic mass is 9.71. The number of carbonyl (C=O) groups is 3. The molecule has 0 saturated heterocycles. The number of hydrogen-bond acceptors (Lipinski definition) is 4. The molecule has 0 aliphatic heterocycles. The third kappa shape index (κ3) is 3.56. The molecule has 0 radical (unpaired) electrons. The van der Waals surface area contributed by atoms with Crippen molar-refractivity contribution in [3.8, 4) is 11.3 Å². The predicted octanol–water partition coefficient (Wildman–Crippen LogP) is 6.05. The number of Topliss-reactive ketones (excluding diaryl/α,β-unsaturated/α-hetero) is 2. The lowest BCUT2D eigenvalue weighted by Gasteiger charge is -2.32. The maximum Gasteiger partial charge on any atom is 0.256 e. The molecule has 0 bridgehead atoms. The van der Waals surface area contributed by atoms with Gasteiger partial charge in [0, 0.05) is 32.8 Å². The van der Waals surface area contributed by atoms with Gasteiger partial charge in [0.2, 0.25) is 0 Å². The highest BCUT2D eigenvalue weighted by Gasteiger charge is 2.43. The Hall–Kier alpha value is -4.35. The molecule has 36 heavy (non-hydrogen) atoms. The van der Waals surface area contributed by atoms with Gasteiger partial charge in [0.15, 0.2) is 11.6 Å². The standard InChI is InChI=1S/C30H19ClN2O3/c31-23-13-5-3-11-20(23)26-16-22(17-8-4-6-14-24(17)32-26)30(36)33-25-15-7-12-21-27(25)29(35)19-10-2-1-9-18(19)28(21)34/h1-16,21,27H,(H,33,36)/t21-,27-/m1/s1. The molecule has 1 aromatic heterocycles. The SMILES string of the molecule is O=C(NC1=CC=C[C@H]2C(=O)c3ccccc3C(=O)[C@@H]12)c1cc(-c2ccccc2Cl)nc2ccccc12. The van der Waals surface area contributed by atoms with Gasteiger partial charge in [-0.25, -0.2) is 4.98 Å². The average Bonchev–Trinajstić information content (AvgIpc) is 2.91. The molecule has 0 fully saturated rings. The molecule has 174 valence electrons. The third-order valence-electron chi connectivity index (χ3n) is 6.70. The number of amides is 1. The lowest BCUT2D eigenvalue weighted by Crippen LogP contribution is -2.42. The van der Waals surface area contributed by atoms with Crippen LogP contribution < -0.4 is 5.32 Å². The van der Waals surface area contributed by atoms with E-state index < -0.39 is 11.8 Å². The zero-order chi connectivity index (χ0) is 24.8. The fourth-order valence-corrected chi connectivity index (χ4v) is 5.21. The average molecular weight is 491 g/mol. The van der Waals surface area contributed by atoms with Crippen molar-refractivity contribution in [2.75, 3.05) is 0 Å². The van der Waals surface area contributed by atoms with Gasteiger partial charge in [0.1, 0.15) is 0 Å². The Bertz CT molecular complexity index is 1650. The Balaban J connectivity index is 1.41. The van der Waals surface area contributed by atoms with Crippen molar-refractivity contribution in [1.29, 1.82) is 0 Å². The lowest BCUT2D eigenvalue weighted by molar-refractivity contribution is 0.0782. The van der Waals surface area contributed by atoms with Crippen LogP contribution in [-0.2, 0) is 0 Å². The number of fused-ring (bicyclic) bond motifs is 3. The molecule has 1 amide bonds. The van der Waals surface area contributed by atoms with Crippen molar-refractivity contribution in [1.82, 2.24) is 10.3 Å². The quantitative estimate of drug-likeness (QED) is 0.379. The number of rotatable bonds is 3. The number of hydrogen-bond donors (Lipinski definition) is 1. The monoisotopic (exact) mass is 490 g/mol. The maximum absolute atomic E-state index is 13.7. The van der Waals surface area contributed by atoms with Crippen LogP contribution in [0.4, 0.5) is 0 Å². The van der Waals surface area contributed by atoms with Crippen LogP contribution in [0.25, 0.3) is 22.2 Å². The van der Waals surface area contributed by atoms with Crippen LogP contribution in [0.5, 0.6) is 0 Å². The molecule has 4 aromatic rings. The van der Waals surface area contributed by atoms with Crippen molar-refractivity contribution >= 4 is 40.0 Å². The van der Waals surface area contributed by atoms with E-state index in [1.54, 1.807) is 54.6 Å². The number of allylic oxidation sites excluding steroid dienone is 4. The van der Waals surface area contributed by atoms with Crippen molar-refractivity contribution in [3.05, 3.63) is 125 Å². The summed E-state index contributed by atoms with van der Waals surface area (Å²) in [7, 11) is 0. The molecule has 6 heteroatoms. The second-order valence-corrected chi connectivity index (χ2v) is 9.20. The summed E-state index contributed by atoms with van der Waals surface area (Å²) >= 11 is 6.42. The number of para-hydroxylation sites is 1. The number of ketones is 2. The van der Waals surface area contributed by atoms with Gasteiger partial charge in [0.05, 0.1) is 28.6 Å². The molecule has 0 spiro atoms. The van der Waals surface area contributed by atoms with Gasteiger partial charge < -0.3 is 5.32 Å². The summed E-state index contributed by atoms with van der Waals surface area (Å²) in [6, 6.07) is 23.2. The van der Waals surface area contributed by atoms with E-state index in [0.29, 0.717) is 49.6 Å². The van der Waals surface area contributed by atoms with Gasteiger partial charge in [-0.05, 0) is 24.3 Å². The van der Waals surface area contributed by atoms with Crippen molar-refractivity contribution < 1.29 is 14.4 Å². The summed E-state index contributed by atoms with van der Waals surface area (Å²) in [5.41, 5.74) is 3.53. The summed E-state index contributed by atoms with van der Waals surface area (Å²) < 4.78 is 0. The Morgan fingerprint density at radius 2 is 1.50 bits per heavy atom. The molecule has 1 N–H and O–H groups in total. The van der Waals surface area contributed by atoms with Crippen LogP contribution in [0.3, 0.4) is 0 Å². The highest BCUT2D eigenvalue weighted by Crippen LogP contribution is 2.37. The van der Waals surface area contributed by atoms with E-state index in [9.17, 15) is 14.4 Å². The van der Waals surface area contributed by atoms with Crippen LogP contribution in [-0.4, -0.2) is 22.5 Å². The molecule has 3 aromatic carbocycles. The Morgan fingerprint density at radius 3 is 2.28 bits per heavy atom. The molecule has 0 saturated carbocycles. The molecule has 6 rings (SSSR count). The van der Waals surface area contributed by atoms with E-state index >= 15 is 0 Å². The number of benzene rings is 3. The largest absolute Gasteiger partial charge is 0.325 e. The highest BCUT2D eigenvalue weighted by molar-refractivity contribution is 6.33. The smallest absolute Gasteiger partial charge is 0.256 e. The number of pyridine rings is 1. The first kappa shape index (κ1) is 22.1. The zero-order valence-electron chi connectivity index (χ0n) is 18.9. The zero-order valence-corrected chi connectivity index (χ0v) is 19.7. The molecule has 2 aliphatic carbocycles. The number of aromatic nitrogens is 1. The topological polar surface area (TPSA) is 76.1 Å². The van der Waals surface area contributed by atoms with E-state index in [4.69, 9.17) is 16.6 Å². The van der Waals surface area contributed by atoms with Crippen molar-refractivity contribution in [2.24, 2.45) is 11.8 Å². The minimum Gasteiger partial charge on any atom is -0.325 e. The number of halogens is 1. The Kier molecular flexibility index (Phi) is 5.35. The van der Waals surface area contributed by atoms with Gasteiger partial charge in [-0.1, -0.05) is 84.4 Å². The van der Waals surface area contributed by atoms with Crippen LogP contribution in [0.15, 0.2) is 103 Å². The maximum atomic E-state index is 13.7.